The summed E-state index contributed by atoms with van der Waals surface area (Å²) >= 11 is -1.61. The van der Waals surface area contributed by atoms with Gasteiger partial charge in [-0.25, -0.2) is 0 Å². The van der Waals surface area contributed by atoms with E-state index >= 15 is 0 Å². The molecular weight excluding hydrogens is 302 g/mol. The van der Waals surface area contributed by atoms with Crippen molar-refractivity contribution in [2.24, 2.45) is 0 Å². The van der Waals surface area contributed by atoms with Crippen LogP contribution in [0.3, 0.4) is 0 Å². The van der Waals surface area contributed by atoms with Crippen LogP contribution in [0.1, 0.15) is 78.1 Å². The van der Waals surface area contributed by atoms with Gasteiger partial charge in [0.15, 0.2) is 0 Å². The standard InChI is InChI=1S/2C7H14O2.Ga/c2*1-2-3-4-5-6-7(8)9;/h2*2-6H2,1H3,(H,8,9);/q;;+2/p-2. The molecule has 0 amide bonds. The van der Waals surface area contributed by atoms with Gasteiger partial charge in [-0.05, 0) is 0 Å². The van der Waals surface area contributed by atoms with E-state index in [1.165, 1.54) is 0 Å². The molecule has 0 N–H and O–H groups in total. The Labute approximate surface area is 125 Å². The summed E-state index contributed by atoms with van der Waals surface area (Å²) in [6.45, 7) is 4.26. The van der Waals surface area contributed by atoms with Crippen LogP contribution in [0, 0.1) is 0 Å². The predicted octanol–water partition coefficient (Wildman–Crippen LogP) is 3.55. The summed E-state index contributed by atoms with van der Waals surface area (Å²) < 4.78 is 9.99. The molecule has 1 radical (unpaired) electrons. The molecule has 0 saturated heterocycles. The quantitative estimate of drug-likeness (QED) is 0.406. The molecular formula is C14H26GaO4. The Morgan fingerprint density at radius 3 is 1.53 bits per heavy atom. The average molecular weight is 328 g/mol. The van der Waals surface area contributed by atoms with Gasteiger partial charge >= 0.3 is 125 Å². The van der Waals surface area contributed by atoms with E-state index in [-0.39, 0.29) is 11.9 Å². The summed E-state index contributed by atoms with van der Waals surface area (Å²) in [5.41, 5.74) is 0. The molecule has 5 heteroatoms. The van der Waals surface area contributed by atoms with Crippen LogP contribution in [0.4, 0.5) is 0 Å². The molecule has 19 heavy (non-hydrogen) atoms. The second kappa shape index (κ2) is 14.0. The number of unbranched alkanes of at least 4 members (excludes halogenated alkanes) is 6. The van der Waals surface area contributed by atoms with E-state index in [0.717, 1.165) is 51.4 Å². The molecule has 0 aromatic rings. The van der Waals surface area contributed by atoms with Crippen molar-refractivity contribution in [3.05, 3.63) is 0 Å². The zero-order valence-corrected chi connectivity index (χ0v) is 14.7. The van der Waals surface area contributed by atoms with Crippen molar-refractivity contribution >= 4 is 30.1 Å². The van der Waals surface area contributed by atoms with Gasteiger partial charge in [0.25, 0.3) is 0 Å². The van der Waals surface area contributed by atoms with Gasteiger partial charge in [-0.1, -0.05) is 0 Å². The van der Waals surface area contributed by atoms with Gasteiger partial charge in [0.05, 0.1) is 0 Å². The molecule has 0 aromatic carbocycles. The van der Waals surface area contributed by atoms with Gasteiger partial charge < -0.3 is 0 Å². The molecule has 0 saturated carbocycles. The van der Waals surface area contributed by atoms with Crippen molar-refractivity contribution in [1.82, 2.24) is 0 Å². The van der Waals surface area contributed by atoms with Crippen molar-refractivity contribution in [3.8, 4) is 0 Å². The first-order valence-electron chi connectivity index (χ1n) is 7.41. The van der Waals surface area contributed by atoms with Crippen molar-refractivity contribution in [2.45, 2.75) is 78.1 Å². The maximum absolute atomic E-state index is 11.3. The first kappa shape index (κ1) is 18.6. The first-order valence-corrected chi connectivity index (χ1v) is 9.39. The molecule has 0 aliphatic rings. The molecule has 4 nitrogen and oxygen atoms in total. The van der Waals surface area contributed by atoms with E-state index in [4.69, 9.17) is 7.06 Å². The van der Waals surface area contributed by atoms with Crippen LogP contribution >= 0.6 is 0 Å². The third-order valence-corrected chi connectivity index (χ3v) is 4.33. The van der Waals surface area contributed by atoms with E-state index in [1.807, 2.05) is 0 Å². The molecule has 0 bridgehead atoms. The normalized spacial score (nSPS) is 10.0. The van der Waals surface area contributed by atoms with Crippen molar-refractivity contribution < 1.29 is 16.6 Å². The second-order valence-electron chi connectivity index (χ2n) is 4.70. The van der Waals surface area contributed by atoms with Crippen LogP contribution < -0.4 is 0 Å². The Morgan fingerprint density at radius 2 is 1.16 bits per heavy atom. The SMILES string of the molecule is CCCCCCC(=O)[O][Ga][O]C(=O)CCCCCC. The molecule has 0 spiro atoms. The van der Waals surface area contributed by atoms with E-state index in [2.05, 4.69) is 13.8 Å². The van der Waals surface area contributed by atoms with Crippen LogP contribution in [0.15, 0.2) is 0 Å². The minimum absolute atomic E-state index is 0.213. The molecule has 0 atom stereocenters. The summed E-state index contributed by atoms with van der Waals surface area (Å²) in [7, 11) is 0. The summed E-state index contributed by atoms with van der Waals surface area (Å²) in [4.78, 5) is 22.6. The first-order chi connectivity index (χ1) is 9.20. The Bertz CT molecular complexity index is 220. The minimum atomic E-state index is -1.61. The number of hydrogen-bond donors (Lipinski definition) is 0. The van der Waals surface area contributed by atoms with E-state index in [9.17, 15) is 9.59 Å². The van der Waals surface area contributed by atoms with Gasteiger partial charge in [0.2, 0.25) is 0 Å². The number of hydrogen-bond acceptors (Lipinski definition) is 4. The van der Waals surface area contributed by atoms with Gasteiger partial charge in [-0.2, -0.15) is 0 Å². The molecule has 0 aliphatic carbocycles. The molecule has 0 aliphatic heterocycles. The second-order valence-corrected chi connectivity index (χ2v) is 6.09. The van der Waals surface area contributed by atoms with E-state index in [1.54, 1.807) is 0 Å². The number of carbonyl (C=O) groups excluding carboxylic acids is 2. The van der Waals surface area contributed by atoms with Crippen LogP contribution in [-0.4, -0.2) is 30.1 Å². The molecule has 0 unspecified atom stereocenters. The maximum atomic E-state index is 11.3. The summed E-state index contributed by atoms with van der Waals surface area (Å²) in [5, 5.41) is 0. The summed E-state index contributed by atoms with van der Waals surface area (Å²) in [5.74, 6) is -0.426. The third kappa shape index (κ3) is 13.8. The van der Waals surface area contributed by atoms with Crippen LogP contribution in [0.5, 0.6) is 0 Å². The zero-order valence-electron chi connectivity index (χ0n) is 12.3. The molecule has 0 heterocycles. The van der Waals surface area contributed by atoms with Crippen molar-refractivity contribution in [1.29, 1.82) is 0 Å². The van der Waals surface area contributed by atoms with E-state index in [0.29, 0.717) is 12.8 Å². The van der Waals surface area contributed by atoms with Crippen molar-refractivity contribution in [3.63, 3.8) is 0 Å². The van der Waals surface area contributed by atoms with Crippen LogP contribution in [0.25, 0.3) is 0 Å². The topological polar surface area (TPSA) is 52.6 Å². The molecule has 0 fully saturated rings. The summed E-state index contributed by atoms with van der Waals surface area (Å²) in [6.07, 6.45) is 9.37. The third-order valence-electron chi connectivity index (χ3n) is 2.83. The Morgan fingerprint density at radius 1 is 0.737 bits per heavy atom. The van der Waals surface area contributed by atoms with Gasteiger partial charge in [-0.3, -0.25) is 0 Å². The monoisotopic (exact) mass is 327 g/mol. The van der Waals surface area contributed by atoms with Crippen LogP contribution in [-0.2, 0) is 16.6 Å². The predicted molar refractivity (Wildman–Crippen MR) is 75.5 cm³/mol. The fourth-order valence-electron chi connectivity index (χ4n) is 1.64. The van der Waals surface area contributed by atoms with Gasteiger partial charge in [0.1, 0.15) is 0 Å². The Kier molecular flexibility index (Phi) is 13.7. The summed E-state index contributed by atoms with van der Waals surface area (Å²) in [6, 6.07) is 0. The van der Waals surface area contributed by atoms with Gasteiger partial charge in [0, 0.05) is 0 Å². The molecule has 0 rings (SSSR count). The zero-order chi connectivity index (χ0) is 14.3. The fourth-order valence-corrected chi connectivity index (χ4v) is 2.69. The molecule has 0 aromatic heterocycles. The Balaban J connectivity index is 3.35. The Hall–Kier alpha value is -0.424. The van der Waals surface area contributed by atoms with E-state index < -0.39 is 18.1 Å². The van der Waals surface area contributed by atoms with Gasteiger partial charge in [-0.15, -0.1) is 0 Å². The molecule has 109 valence electrons. The number of carbonyl (C=O) groups is 2. The fraction of sp³-hybridized carbons (Fsp3) is 0.857. The van der Waals surface area contributed by atoms with Crippen molar-refractivity contribution in [2.75, 3.05) is 0 Å². The number of rotatable bonds is 12. The van der Waals surface area contributed by atoms with Crippen LogP contribution in [0.2, 0.25) is 0 Å². The average Bonchev–Trinajstić information content (AvgIpc) is 2.40.